The molecule has 2 heterocycles. The summed E-state index contributed by atoms with van der Waals surface area (Å²) in [5, 5.41) is 9.41. The topological polar surface area (TPSA) is 91.9 Å². The minimum absolute atomic E-state index is 0.165. The highest BCUT2D eigenvalue weighted by molar-refractivity contribution is 7.95. The molecule has 2 aromatic rings. The van der Waals surface area contributed by atoms with Gasteiger partial charge < -0.3 is 5.32 Å². The van der Waals surface area contributed by atoms with Crippen LogP contribution in [0.25, 0.3) is 0 Å². The summed E-state index contributed by atoms with van der Waals surface area (Å²) in [6.07, 6.45) is 1.21. The minimum Gasteiger partial charge on any atom is -0.344 e. The molecule has 0 fully saturated rings. The Morgan fingerprint density at radius 1 is 1.33 bits per heavy atom. The Morgan fingerprint density at radius 3 is 2.81 bits per heavy atom. The molecule has 6 nitrogen and oxygen atoms in total. The molecule has 3 rings (SSSR count). The van der Waals surface area contributed by atoms with Crippen molar-refractivity contribution in [3.05, 3.63) is 58.3 Å². The number of aromatic amines is 1. The van der Waals surface area contributed by atoms with Gasteiger partial charge in [-0.3, -0.25) is 9.89 Å². The molecule has 0 bridgehead atoms. The van der Waals surface area contributed by atoms with Crippen molar-refractivity contribution >= 4 is 21.4 Å². The van der Waals surface area contributed by atoms with Gasteiger partial charge in [-0.1, -0.05) is 24.3 Å². The molecule has 1 aliphatic rings. The van der Waals surface area contributed by atoms with Crippen LogP contribution in [0, 0.1) is 6.92 Å². The maximum atomic E-state index is 12.3. The molecule has 0 amide bonds. The maximum Gasteiger partial charge on any atom is 0.206 e. The number of hydrogen-bond acceptors (Lipinski definition) is 5. The van der Waals surface area contributed by atoms with E-state index in [0.29, 0.717) is 16.9 Å². The van der Waals surface area contributed by atoms with Crippen LogP contribution < -0.4 is 5.32 Å². The SMILES string of the molecule is Cc1cc(NC=C2C(=O)c3ccccc3CS2(=O)=O)n[nH]1. The second-order valence-corrected chi connectivity index (χ2v) is 6.79. The second-order valence-electron chi connectivity index (χ2n) is 4.83. The number of benzene rings is 1. The van der Waals surface area contributed by atoms with Crippen molar-refractivity contribution in [2.75, 3.05) is 5.32 Å². The molecule has 0 spiro atoms. The van der Waals surface area contributed by atoms with Gasteiger partial charge in [0.15, 0.2) is 15.7 Å². The number of rotatable bonds is 2. The Hall–Kier alpha value is -2.41. The van der Waals surface area contributed by atoms with Crippen molar-refractivity contribution < 1.29 is 13.2 Å². The van der Waals surface area contributed by atoms with Crippen LogP contribution in [-0.2, 0) is 15.6 Å². The molecule has 0 saturated heterocycles. The Balaban J connectivity index is 2.00. The van der Waals surface area contributed by atoms with Crippen LogP contribution in [0.4, 0.5) is 5.82 Å². The second kappa shape index (κ2) is 4.85. The van der Waals surface area contributed by atoms with Crippen LogP contribution in [-0.4, -0.2) is 24.4 Å². The lowest BCUT2D eigenvalue weighted by atomic mass is 10.0. The third-order valence-corrected chi connectivity index (χ3v) is 4.89. The van der Waals surface area contributed by atoms with Crippen LogP contribution in [0.5, 0.6) is 0 Å². The Bertz CT molecular complexity index is 850. The third-order valence-electron chi connectivity index (χ3n) is 3.22. The van der Waals surface area contributed by atoms with Gasteiger partial charge in [0.05, 0.1) is 5.75 Å². The van der Waals surface area contributed by atoms with E-state index >= 15 is 0 Å². The Kier molecular flexibility index (Phi) is 3.13. The van der Waals surface area contributed by atoms with Gasteiger partial charge in [-0.15, -0.1) is 0 Å². The first-order valence-corrected chi connectivity index (χ1v) is 7.97. The van der Waals surface area contributed by atoms with E-state index in [1.54, 1.807) is 30.3 Å². The average molecular weight is 303 g/mol. The fraction of sp³-hybridized carbons (Fsp3) is 0.143. The molecule has 1 aromatic heterocycles. The first-order valence-electron chi connectivity index (χ1n) is 6.31. The summed E-state index contributed by atoms with van der Waals surface area (Å²) in [6.45, 7) is 1.82. The number of carbonyl (C=O) groups is 1. The molecule has 0 radical (unpaired) electrons. The van der Waals surface area contributed by atoms with E-state index in [2.05, 4.69) is 15.5 Å². The zero-order valence-electron chi connectivity index (χ0n) is 11.3. The third kappa shape index (κ3) is 2.47. The summed E-state index contributed by atoms with van der Waals surface area (Å²) >= 11 is 0. The van der Waals surface area contributed by atoms with E-state index in [1.807, 2.05) is 6.92 Å². The highest BCUT2D eigenvalue weighted by Crippen LogP contribution is 2.28. The molecular formula is C14H13N3O3S. The van der Waals surface area contributed by atoms with E-state index < -0.39 is 15.6 Å². The smallest absolute Gasteiger partial charge is 0.206 e. The van der Waals surface area contributed by atoms with Gasteiger partial charge in [-0.05, 0) is 12.5 Å². The number of allylic oxidation sites excluding steroid dienone is 1. The summed E-state index contributed by atoms with van der Waals surface area (Å²) in [6, 6.07) is 8.45. The number of aromatic nitrogens is 2. The molecule has 108 valence electrons. The highest BCUT2D eigenvalue weighted by atomic mass is 32.2. The number of hydrogen-bond donors (Lipinski definition) is 2. The largest absolute Gasteiger partial charge is 0.344 e. The van der Waals surface area contributed by atoms with Gasteiger partial charge in [0.2, 0.25) is 5.78 Å². The van der Waals surface area contributed by atoms with Gasteiger partial charge in [0.1, 0.15) is 4.91 Å². The Morgan fingerprint density at radius 2 is 2.10 bits per heavy atom. The number of carbonyl (C=O) groups excluding carboxylic acids is 1. The van der Waals surface area contributed by atoms with Crippen molar-refractivity contribution in [1.29, 1.82) is 0 Å². The van der Waals surface area contributed by atoms with Gasteiger partial charge in [0, 0.05) is 23.5 Å². The van der Waals surface area contributed by atoms with Crippen molar-refractivity contribution in [2.24, 2.45) is 0 Å². The number of Topliss-reactive ketones (excluding diaryl/α,β-unsaturated/α-hetero) is 1. The number of ketones is 1. The van der Waals surface area contributed by atoms with Gasteiger partial charge in [-0.25, -0.2) is 8.42 Å². The fourth-order valence-corrected chi connectivity index (χ4v) is 3.66. The Labute approximate surface area is 121 Å². The monoisotopic (exact) mass is 303 g/mol. The number of anilines is 1. The van der Waals surface area contributed by atoms with E-state index in [1.165, 1.54) is 6.20 Å². The zero-order chi connectivity index (χ0) is 15.0. The van der Waals surface area contributed by atoms with Crippen LogP contribution in [0.1, 0.15) is 21.6 Å². The van der Waals surface area contributed by atoms with Crippen LogP contribution >= 0.6 is 0 Å². The van der Waals surface area contributed by atoms with Gasteiger partial charge in [-0.2, -0.15) is 5.10 Å². The van der Waals surface area contributed by atoms with Crippen LogP contribution in [0.3, 0.4) is 0 Å². The molecule has 1 aliphatic heterocycles. The number of fused-ring (bicyclic) bond motifs is 1. The normalized spacial score (nSPS) is 18.5. The maximum absolute atomic E-state index is 12.3. The lowest BCUT2D eigenvalue weighted by molar-refractivity contribution is 0.104. The average Bonchev–Trinajstić information content (AvgIpc) is 2.83. The molecule has 21 heavy (non-hydrogen) atoms. The lowest BCUT2D eigenvalue weighted by Crippen LogP contribution is -2.24. The van der Waals surface area contributed by atoms with Crippen LogP contribution in [0.2, 0.25) is 0 Å². The summed E-state index contributed by atoms with van der Waals surface area (Å²) in [7, 11) is -3.64. The highest BCUT2D eigenvalue weighted by Gasteiger charge is 2.33. The first-order chi connectivity index (χ1) is 9.97. The van der Waals surface area contributed by atoms with Crippen molar-refractivity contribution in [2.45, 2.75) is 12.7 Å². The van der Waals surface area contributed by atoms with Crippen molar-refractivity contribution in [3.8, 4) is 0 Å². The van der Waals surface area contributed by atoms with Gasteiger partial charge >= 0.3 is 0 Å². The summed E-state index contributed by atoms with van der Waals surface area (Å²) in [4.78, 5) is 12.1. The van der Waals surface area contributed by atoms with Gasteiger partial charge in [0.25, 0.3) is 0 Å². The van der Waals surface area contributed by atoms with E-state index in [4.69, 9.17) is 0 Å². The molecule has 0 unspecified atom stereocenters. The number of H-pyrrole nitrogens is 1. The first kappa shape index (κ1) is 13.6. The molecule has 7 heteroatoms. The van der Waals surface area contributed by atoms with Crippen molar-refractivity contribution in [3.63, 3.8) is 0 Å². The molecule has 0 aliphatic carbocycles. The van der Waals surface area contributed by atoms with E-state index in [-0.39, 0.29) is 10.7 Å². The number of nitrogens with zero attached hydrogens (tertiary/aromatic N) is 1. The fourth-order valence-electron chi connectivity index (χ4n) is 2.21. The zero-order valence-corrected chi connectivity index (χ0v) is 12.1. The van der Waals surface area contributed by atoms with Crippen molar-refractivity contribution in [1.82, 2.24) is 10.2 Å². The summed E-state index contributed by atoms with van der Waals surface area (Å²) < 4.78 is 24.4. The standard InChI is InChI=1S/C14H13N3O3S/c1-9-6-13(17-16-9)15-7-12-14(18)11-5-3-2-4-10(11)8-21(12,19)20/h2-7H,8H2,1H3,(H2,15,16,17). The van der Waals surface area contributed by atoms with E-state index in [9.17, 15) is 13.2 Å². The van der Waals surface area contributed by atoms with E-state index in [0.717, 1.165) is 5.69 Å². The molecule has 2 N–H and O–H groups in total. The number of nitrogens with one attached hydrogen (secondary N) is 2. The number of aryl methyl sites for hydroxylation is 1. The van der Waals surface area contributed by atoms with Crippen LogP contribution in [0.15, 0.2) is 41.4 Å². The molecule has 0 atom stereocenters. The summed E-state index contributed by atoms with van der Waals surface area (Å²) in [5.74, 6) is -0.194. The summed E-state index contributed by atoms with van der Waals surface area (Å²) in [5.41, 5.74) is 1.80. The minimum atomic E-state index is -3.64. The quantitative estimate of drug-likeness (QED) is 0.825. The predicted molar refractivity (Wildman–Crippen MR) is 78.4 cm³/mol. The molecule has 1 aromatic carbocycles. The molecular weight excluding hydrogens is 290 g/mol. The molecule has 0 saturated carbocycles. The predicted octanol–water partition coefficient (Wildman–Crippen LogP) is 1.78. The lowest BCUT2D eigenvalue weighted by Gasteiger charge is -2.17. The number of sulfone groups is 1.